The molecule has 0 radical (unpaired) electrons. The predicted molar refractivity (Wildman–Crippen MR) is 137 cm³/mol. The minimum absolute atomic E-state index is 0.835. The number of unbranched alkanes of at least 4 members (excludes halogenated alkanes) is 1. The summed E-state index contributed by atoms with van der Waals surface area (Å²) in [5.41, 5.74) is 9.13. The molecule has 1 aromatic heterocycles. The average Bonchev–Trinajstić information content (AvgIpc) is 2.79. The molecule has 0 aliphatic carbocycles. The highest BCUT2D eigenvalue weighted by Crippen LogP contribution is 2.53. The number of aryl methyl sites for hydroxylation is 4. The quantitative estimate of drug-likeness (QED) is 0.319. The molecule has 0 saturated heterocycles. The summed E-state index contributed by atoms with van der Waals surface area (Å²) in [6.45, 7) is 15.8. The molecule has 1 aliphatic heterocycles. The zero-order valence-electron chi connectivity index (χ0n) is 20.9. The molecular formula is C28H37N3O. The van der Waals surface area contributed by atoms with Crippen molar-refractivity contribution >= 4 is 22.7 Å². The van der Waals surface area contributed by atoms with Crippen LogP contribution in [-0.4, -0.2) is 18.6 Å². The van der Waals surface area contributed by atoms with Crippen LogP contribution in [0.3, 0.4) is 0 Å². The number of pyridine rings is 1. The van der Waals surface area contributed by atoms with Crippen molar-refractivity contribution in [1.29, 1.82) is 0 Å². The molecule has 32 heavy (non-hydrogen) atoms. The maximum absolute atomic E-state index is 6.36. The van der Waals surface area contributed by atoms with E-state index in [1.54, 1.807) is 0 Å². The summed E-state index contributed by atoms with van der Waals surface area (Å²) < 4.78 is 6.36. The lowest BCUT2D eigenvalue weighted by Crippen LogP contribution is -2.21. The number of aromatic nitrogens is 1. The van der Waals surface area contributed by atoms with Gasteiger partial charge in [0.05, 0.1) is 22.8 Å². The summed E-state index contributed by atoms with van der Waals surface area (Å²) in [5, 5.41) is 0. The Morgan fingerprint density at radius 2 is 1.56 bits per heavy atom. The Hall–Kier alpha value is -3.01. The fourth-order valence-electron chi connectivity index (χ4n) is 4.29. The van der Waals surface area contributed by atoms with Gasteiger partial charge in [0.15, 0.2) is 11.5 Å². The number of benzene rings is 2. The Morgan fingerprint density at radius 3 is 2.22 bits per heavy atom. The lowest BCUT2D eigenvalue weighted by Gasteiger charge is -2.36. The van der Waals surface area contributed by atoms with Crippen molar-refractivity contribution in [3.8, 4) is 11.5 Å². The largest absolute Gasteiger partial charge is 0.451 e. The third-order valence-corrected chi connectivity index (χ3v) is 5.93. The van der Waals surface area contributed by atoms with Crippen LogP contribution in [0.2, 0.25) is 0 Å². The molecule has 0 amide bonds. The van der Waals surface area contributed by atoms with E-state index in [9.17, 15) is 0 Å². The molecule has 3 aromatic rings. The maximum atomic E-state index is 6.36. The number of fused-ring (bicyclic) bond motifs is 2. The zero-order chi connectivity index (χ0) is 23.4. The van der Waals surface area contributed by atoms with E-state index in [0.717, 1.165) is 40.7 Å². The number of hydrogen-bond acceptors (Lipinski definition) is 4. The summed E-state index contributed by atoms with van der Waals surface area (Å²) >= 11 is 0. The van der Waals surface area contributed by atoms with Crippen molar-refractivity contribution in [2.45, 2.75) is 61.3 Å². The van der Waals surface area contributed by atoms with E-state index in [1.807, 2.05) is 33.0 Å². The second-order valence-corrected chi connectivity index (χ2v) is 8.31. The Balaban J connectivity index is 0.00000141. The first-order valence-corrected chi connectivity index (χ1v) is 11.8. The topological polar surface area (TPSA) is 28.6 Å². The summed E-state index contributed by atoms with van der Waals surface area (Å²) in [4.78, 5) is 9.17. The summed E-state index contributed by atoms with van der Waals surface area (Å²) in [5.74, 6) is 1.74. The lowest BCUT2D eigenvalue weighted by atomic mass is 10.0. The van der Waals surface area contributed by atoms with Crippen LogP contribution in [-0.2, 0) is 0 Å². The number of ether oxygens (including phenoxy) is 1. The summed E-state index contributed by atoms with van der Waals surface area (Å²) in [6.07, 6.45) is 4.27. The van der Waals surface area contributed by atoms with Gasteiger partial charge in [-0.1, -0.05) is 39.3 Å². The van der Waals surface area contributed by atoms with E-state index in [-0.39, 0.29) is 0 Å². The highest BCUT2D eigenvalue weighted by Gasteiger charge is 2.30. The van der Waals surface area contributed by atoms with Crippen LogP contribution in [0, 0.1) is 27.7 Å². The lowest BCUT2D eigenvalue weighted by molar-refractivity contribution is 0.466. The third kappa shape index (κ3) is 4.32. The van der Waals surface area contributed by atoms with Crippen LogP contribution in [0.5, 0.6) is 11.5 Å². The fourth-order valence-corrected chi connectivity index (χ4v) is 4.29. The molecule has 0 saturated carbocycles. The Morgan fingerprint density at radius 1 is 0.906 bits per heavy atom. The monoisotopic (exact) mass is 431 g/mol. The molecule has 2 heterocycles. The standard InChI is InChI=1S/C26H31N3O.C2H6/c1-7-8-14-28(6)21-15-18(3)24(19(4)16-21)29-22-11-9-10-17(2)25(22)30-26-20(5)27-13-12-23(26)29;1-2/h9-13,15-16H,7-8,14H2,1-6H3;1-2H3. The first-order chi connectivity index (χ1) is 15.4. The molecule has 0 atom stereocenters. The van der Waals surface area contributed by atoms with E-state index in [4.69, 9.17) is 4.74 Å². The molecule has 4 nitrogen and oxygen atoms in total. The van der Waals surface area contributed by atoms with Crippen molar-refractivity contribution in [1.82, 2.24) is 4.98 Å². The van der Waals surface area contributed by atoms with Gasteiger partial charge in [0, 0.05) is 25.5 Å². The number of rotatable bonds is 5. The Labute approximate surface area is 193 Å². The molecule has 4 heteroatoms. The minimum Gasteiger partial charge on any atom is -0.451 e. The van der Waals surface area contributed by atoms with Gasteiger partial charge in [-0.2, -0.15) is 0 Å². The van der Waals surface area contributed by atoms with Crippen LogP contribution in [0.25, 0.3) is 0 Å². The third-order valence-electron chi connectivity index (χ3n) is 5.93. The van der Waals surface area contributed by atoms with Gasteiger partial charge in [0.25, 0.3) is 0 Å². The highest BCUT2D eigenvalue weighted by atomic mass is 16.5. The second kappa shape index (κ2) is 10.1. The van der Waals surface area contributed by atoms with Gasteiger partial charge >= 0.3 is 0 Å². The molecule has 0 N–H and O–H groups in total. The normalized spacial score (nSPS) is 11.7. The zero-order valence-corrected chi connectivity index (χ0v) is 20.9. The predicted octanol–water partition coefficient (Wildman–Crippen LogP) is 8.15. The van der Waals surface area contributed by atoms with Gasteiger partial charge < -0.3 is 14.5 Å². The van der Waals surface area contributed by atoms with Crippen molar-refractivity contribution in [2.75, 3.05) is 23.4 Å². The number of anilines is 4. The van der Waals surface area contributed by atoms with Gasteiger partial charge in [-0.05, 0) is 75.1 Å². The highest BCUT2D eigenvalue weighted by molar-refractivity contribution is 5.90. The van der Waals surface area contributed by atoms with Crippen molar-refractivity contribution in [3.63, 3.8) is 0 Å². The molecule has 0 bridgehead atoms. The van der Waals surface area contributed by atoms with E-state index < -0.39 is 0 Å². The van der Waals surface area contributed by atoms with Crippen LogP contribution in [0.15, 0.2) is 42.6 Å². The summed E-state index contributed by atoms with van der Waals surface area (Å²) in [7, 11) is 2.18. The SMILES string of the molecule is CC.CCCCN(C)c1cc(C)c(N2c3cccc(C)c3Oc3c2ccnc3C)c(C)c1. The molecule has 0 unspecified atom stereocenters. The van der Waals surface area contributed by atoms with E-state index in [1.165, 1.54) is 35.3 Å². The van der Waals surface area contributed by atoms with Crippen molar-refractivity contribution in [2.24, 2.45) is 0 Å². The first kappa shape index (κ1) is 23.6. The average molecular weight is 432 g/mol. The van der Waals surface area contributed by atoms with Crippen LogP contribution >= 0.6 is 0 Å². The first-order valence-electron chi connectivity index (χ1n) is 11.8. The molecule has 0 spiro atoms. The molecule has 1 aliphatic rings. The number of para-hydroxylation sites is 1. The number of nitrogens with zero attached hydrogens (tertiary/aromatic N) is 3. The molecule has 170 valence electrons. The van der Waals surface area contributed by atoms with E-state index in [0.29, 0.717) is 0 Å². The van der Waals surface area contributed by atoms with Crippen molar-refractivity contribution in [3.05, 3.63) is 65.0 Å². The fraction of sp³-hybridized carbons (Fsp3) is 0.393. The van der Waals surface area contributed by atoms with Crippen LogP contribution in [0.1, 0.15) is 56.0 Å². The molecule has 2 aromatic carbocycles. The van der Waals surface area contributed by atoms with Gasteiger partial charge in [0.1, 0.15) is 0 Å². The Kier molecular flexibility index (Phi) is 7.44. The van der Waals surface area contributed by atoms with Gasteiger partial charge in [-0.25, -0.2) is 0 Å². The smallest absolute Gasteiger partial charge is 0.172 e. The van der Waals surface area contributed by atoms with Gasteiger partial charge in [0.2, 0.25) is 0 Å². The van der Waals surface area contributed by atoms with Gasteiger partial charge in [-0.15, -0.1) is 0 Å². The molecular weight excluding hydrogens is 394 g/mol. The van der Waals surface area contributed by atoms with Crippen molar-refractivity contribution < 1.29 is 4.74 Å². The minimum atomic E-state index is 0.835. The van der Waals surface area contributed by atoms with Crippen LogP contribution in [0.4, 0.5) is 22.7 Å². The Bertz CT molecular complexity index is 1020. The van der Waals surface area contributed by atoms with Gasteiger partial charge in [-0.3, -0.25) is 4.98 Å². The number of hydrogen-bond donors (Lipinski definition) is 0. The van der Waals surface area contributed by atoms with E-state index >= 15 is 0 Å². The van der Waals surface area contributed by atoms with E-state index in [2.05, 4.69) is 79.9 Å². The molecule has 4 rings (SSSR count). The van der Waals surface area contributed by atoms with Crippen LogP contribution < -0.4 is 14.5 Å². The molecule has 0 fully saturated rings. The summed E-state index contributed by atoms with van der Waals surface area (Å²) in [6, 6.07) is 13.0. The second-order valence-electron chi connectivity index (χ2n) is 8.31. The maximum Gasteiger partial charge on any atom is 0.172 e.